The number of rotatable bonds is 4. The lowest BCUT2D eigenvalue weighted by atomic mass is 9.81. The average molecular weight is 709 g/mol. The Morgan fingerprint density at radius 1 is 0.655 bits per heavy atom. The summed E-state index contributed by atoms with van der Waals surface area (Å²) in [6.45, 7) is 0. The van der Waals surface area contributed by atoms with Crippen molar-refractivity contribution in [2.24, 2.45) is 0 Å². The van der Waals surface area contributed by atoms with E-state index in [1.54, 1.807) is 0 Å². The SMILES string of the molecule is C1=CC2c3ccccc3OC2C(C2=Cc3c(n(-c4nc(-c5ccccc5)c5c(n4)=CCCC=5)c4c3ccc3c5ccccc5n(-c5ccccc5)c34)CC2)=C1. The lowest BCUT2D eigenvalue weighted by Gasteiger charge is -2.27. The number of allylic oxidation sites excluding steroid dienone is 2. The predicted octanol–water partition coefficient (Wildman–Crippen LogP) is 9.91. The lowest BCUT2D eigenvalue weighted by Crippen LogP contribution is -2.35. The highest BCUT2D eigenvalue weighted by atomic mass is 16.5. The van der Waals surface area contributed by atoms with Gasteiger partial charge < -0.3 is 9.30 Å². The number of para-hydroxylation sites is 3. The van der Waals surface area contributed by atoms with E-state index in [4.69, 9.17) is 14.7 Å². The van der Waals surface area contributed by atoms with Crippen LogP contribution in [0.2, 0.25) is 0 Å². The second kappa shape index (κ2) is 11.9. The Bertz CT molecular complexity index is 3130. The number of nitrogens with zero attached hydrogens (tertiary/aromatic N) is 4. The van der Waals surface area contributed by atoms with Crippen LogP contribution >= 0.6 is 0 Å². The van der Waals surface area contributed by atoms with E-state index in [-0.39, 0.29) is 12.0 Å². The van der Waals surface area contributed by atoms with E-state index < -0.39 is 0 Å². The zero-order valence-electron chi connectivity index (χ0n) is 30.2. The first-order valence-electron chi connectivity index (χ1n) is 19.4. The Labute approximate surface area is 318 Å². The number of benzene rings is 5. The molecule has 0 fully saturated rings. The number of fused-ring (bicyclic) bond motifs is 11. The van der Waals surface area contributed by atoms with Crippen LogP contribution in [0.4, 0.5) is 0 Å². The minimum absolute atomic E-state index is 0.0277. The van der Waals surface area contributed by atoms with Gasteiger partial charge in [-0.05, 0) is 67.2 Å². The van der Waals surface area contributed by atoms with Gasteiger partial charge in [-0.1, -0.05) is 127 Å². The zero-order valence-corrected chi connectivity index (χ0v) is 30.2. The molecule has 55 heavy (non-hydrogen) atoms. The summed E-state index contributed by atoms with van der Waals surface area (Å²) in [6, 6.07) is 43.3. The molecule has 4 aliphatic rings. The van der Waals surface area contributed by atoms with Crippen molar-refractivity contribution < 1.29 is 4.74 Å². The molecule has 5 nitrogen and oxygen atoms in total. The van der Waals surface area contributed by atoms with E-state index in [1.807, 2.05) is 0 Å². The van der Waals surface area contributed by atoms with Gasteiger partial charge in [0.2, 0.25) is 5.95 Å². The van der Waals surface area contributed by atoms with Gasteiger partial charge in [-0.15, -0.1) is 0 Å². The first kappa shape index (κ1) is 30.7. The van der Waals surface area contributed by atoms with Crippen LogP contribution in [0.3, 0.4) is 0 Å². The molecule has 0 saturated carbocycles. The molecule has 0 radical (unpaired) electrons. The first-order valence-corrected chi connectivity index (χ1v) is 19.4. The molecule has 0 spiro atoms. The van der Waals surface area contributed by atoms with Gasteiger partial charge in [-0.25, -0.2) is 9.97 Å². The monoisotopic (exact) mass is 708 g/mol. The highest BCUT2D eigenvalue weighted by Crippen LogP contribution is 2.48. The molecule has 12 rings (SSSR count). The molecule has 5 aromatic carbocycles. The van der Waals surface area contributed by atoms with Crippen molar-refractivity contribution in [3.63, 3.8) is 0 Å². The normalized spacial score (nSPS) is 18.1. The number of hydrogen-bond acceptors (Lipinski definition) is 3. The van der Waals surface area contributed by atoms with E-state index in [2.05, 4.69) is 167 Å². The van der Waals surface area contributed by atoms with Crippen molar-refractivity contribution in [3.8, 4) is 28.6 Å². The molecule has 262 valence electrons. The third-order valence-electron chi connectivity index (χ3n) is 12.1. The molecule has 1 aliphatic heterocycles. The Balaban J connectivity index is 1.17. The van der Waals surface area contributed by atoms with Gasteiger partial charge >= 0.3 is 0 Å². The summed E-state index contributed by atoms with van der Waals surface area (Å²) >= 11 is 0. The van der Waals surface area contributed by atoms with Gasteiger partial charge in [-0.3, -0.25) is 4.57 Å². The van der Waals surface area contributed by atoms with Gasteiger partial charge in [-0.2, -0.15) is 0 Å². The van der Waals surface area contributed by atoms with Crippen molar-refractivity contribution in [2.75, 3.05) is 0 Å². The van der Waals surface area contributed by atoms with Crippen molar-refractivity contribution in [2.45, 2.75) is 37.7 Å². The molecule has 2 unspecified atom stereocenters. The molecule has 0 N–H and O–H groups in total. The Hall–Kier alpha value is -6.72. The fourth-order valence-electron chi connectivity index (χ4n) is 9.65. The second-order valence-electron chi connectivity index (χ2n) is 15.0. The van der Waals surface area contributed by atoms with E-state index in [0.29, 0.717) is 0 Å². The van der Waals surface area contributed by atoms with E-state index in [0.717, 1.165) is 70.4 Å². The maximum absolute atomic E-state index is 6.70. The Kier molecular flexibility index (Phi) is 6.64. The van der Waals surface area contributed by atoms with Gasteiger partial charge in [0.05, 0.1) is 27.6 Å². The number of ether oxygens (including phenoxy) is 1. The summed E-state index contributed by atoms with van der Waals surface area (Å²) in [7, 11) is 0. The fraction of sp³-hybridized carbons (Fsp3) is 0.120. The summed E-state index contributed by atoms with van der Waals surface area (Å²) in [5.41, 5.74) is 13.1. The smallest absolute Gasteiger partial charge is 0.235 e. The lowest BCUT2D eigenvalue weighted by molar-refractivity contribution is 0.257. The van der Waals surface area contributed by atoms with E-state index in [9.17, 15) is 0 Å². The van der Waals surface area contributed by atoms with Crippen LogP contribution in [0.25, 0.3) is 73.8 Å². The summed E-state index contributed by atoms with van der Waals surface area (Å²) < 4.78 is 11.5. The molecule has 8 aromatic rings. The third-order valence-corrected chi connectivity index (χ3v) is 12.1. The Morgan fingerprint density at radius 3 is 2.33 bits per heavy atom. The van der Waals surface area contributed by atoms with Crippen LogP contribution < -0.4 is 15.3 Å². The molecule has 0 amide bonds. The van der Waals surface area contributed by atoms with Crippen LogP contribution in [0.1, 0.15) is 42.0 Å². The maximum Gasteiger partial charge on any atom is 0.235 e. The minimum Gasteiger partial charge on any atom is -0.484 e. The van der Waals surface area contributed by atoms with Crippen LogP contribution in [0, 0.1) is 0 Å². The van der Waals surface area contributed by atoms with Gasteiger partial charge in [0.25, 0.3) is 0 Å². The summed E-state index contributed by atoms with van der Waals surface area (Å²) in [4.78, 5) is 11.0. The van der Waals surface area contributed by atoms with Gasteiger partial charge in [0.15, 0.2) is 0 Å². The molecular formula is C50H36N4O. The topological polar surface area (TPSA) is 44.9 Å². The van der Waals surface area contributed by atoms with Gasteiger partial charge in [0.1, 0.15) is 11.9 Å². The zero-order chi connectivity index (χ0) is 36.0. The molecule has 3 aromatic heterocycles. The predicted molar refractivity (Wildman–Crippen MR) is 223 cm³/mol. The number of aromatic nitrogens is 4. The third kappa shape index (κ3) is 4.53. The highest BCUT2D eigenvalue weighted by Gasteiger charge is 2.38. The second-order valence-corrected chi connectivity index (χ2v) is 15.0. The molecule has 2 atom stereocenters. The van der Waals surface area contributed by atoms with Crippen molar-refractivity contribution in [1.82, 2.24) is 19.1 Å². The first-order chi connectivity index (χ1) is 27.3. The largest absolute Gasteiger partial charge is 0.484 e. The van der Waals surface area contributed by atoms with Crippen LogP contribution in [0.15, 0.2) is 151 Å². The summed E-state index contributed by atoms with van der Waals surface area (Å²) in [5, 5.41) is 5.79. The highest BCUT2D eigenvalue weighted by molar-refractivity contribution is 6.19. The maximum atomic E-state index is 6.70. The molecule has 0 bridgehead atoms. The molecule has 5 heteroatoms. The van der Waals surface area contributed by atoms with Crippen molar-refractivity contribution in [1.29, 1.82) is 0 Å². The van der Waals surface area contributed by atoms with Crippen molar-refractivity contribution >= 4 is 50.9 Å². The molecule has 0 saturated heterocycles. The fourth-order valence-corrected chi connectivity index (χ4v) is 9.65. The summed E-state index contributed by atoms with van der Waals surface area (Å²) in [6.07, 6.45) is 17.5. The van der Waals surface area contributed by atoms with Crippen LogP contribution in [-0.2, 0) is 6.42 Å². The van der Waals surface area contributed by atoms with E-state index in [1.165, 1.54) is 55.2 Å². The molecule has 4 heterocycles. The van der Waals surface area contributed by atoms with Crippen LogP contribution in [-0.4, -0.2) is 25.2 Å². The van der Waals surface area contributed by atoms with Gasteiger partial charge in [0, 0.05) is 55.4 Å². The minimum atomic E-state index is -0.0277. The summed E-state index contributed by atoms with van der Waals surface area (Å²) in [5.74, 6) is 1.93. The quantitative estimate of drug-likeness (QED) is 0.183. The molecular weight excluding hydrogens is 673 g/mol. The van der Waals surface area contributed by atoms with Crippen LogP contribution in [0.5, 0.6) is 5.75 Å². The average Bonchev–Trinajstić information content (AvgIpc) is 3.91. The number of hydrogen-bond donors (Lipinski definition) is 0. The van der Waals surface area contributed by atoms with E-state index >= 15 is 0 Å². The Morgan fingerprint density at radius 2 is 1.42 bits per heavy atom. The van der Waals surface area contributed by atoms with Crippen molar-refractivity contribution in [3.05, 3.63) is 178 Å². The standard InChI is InChI=1S/C50H36N4O/c1-3-14-31(15-4-1)46-40-20-7-10-23-42(40)51-50(52-46)54-44-29-26-32(34-21-13-22-39-36-19-9-12-25-45(36)55-49(34)39)30-41(44)38-28-27-37-35-18-8-11-24-43(35)53(47(37)48(38)54)33-16-5-2-6-17-33/h1-6,8-9,11-25,27-28,30,39,49H,7,10,26,29H2. The molecule has 3 aliphatic carbocycles.